The fourth-order valence-corrected chi connectivity index (χ4v) is 2.08. The summed E-state index contributed by atoms with van der Waals surface area (Å²) in [6, 6.07) is 7.61. The molecule has 0 saturated carbocycles. The fraction of sp³-hybridized carbons (Fsp3) is 0.273. The highest BCUT2D eigenvalue weighted by molar-refractivity contribution is 5.66. The van der Waals surface area contributed by atoms with Crippen LogP contribution >= 0.6 is 0 Å². The van der Waals surface area contributed by atoms with Crippen molar-refractivity contribution in [2.24, 2.45) is 0 Å². The van der Waals surface area contributed by atoms with Crippen molar-refractivity contribution in [3.05, 3.63) is 35.7 Å². The average molecular weight is 246 g/mol. The van der Waals surface area contributed by atoms with Crippen LogP contribution in [0.2, 0.25) is 0 Å². The first kappa shape index (κ1) is 10.7. The van der Waals surface area contributed by atoms with Gasteiger partial charge in [-0.3, -0.25) is 4.79 Å². The van der Waals surface area contributed by atoms with Crippen LogP contribution in [0.4, 0.5) is 0 Å². The van der Waals surface area contributed by atoms with E-state index in [9.17, 15) is 4.79 Å². The zero-order valence-corrected chi connectivity index (χ0v) is 9.35. The molecule has 1 N–H and O–H groups in total. The molecule has 0 radical (unpaired) electrons. The third kappa shape index (κ3) is 1.69. The Balaban J connectivity index is 1.98. The normalized spacial score (nSPS) is 17.2. The largest absolute Gasteiger partial charge is 0.492 e. The first-order valence-corrected chi connectivity index (χ1v) is 5.45. The number of aromatic nitrogens is 4. The Morgan fingerprint density at radius 1 is 1.50 bits per heavy atom. The van der Waals surface area contributed by atoms with Gasteiger partial charge in [0.25, 0.3) is 0 Å². The number of tetrazole rings is 1. The van der Waals surface area contributed by atoms with Gasteiger partial charge in [-0.1, -0.05) is 18.2 Å². The van der Waals surface area contributed by atoms with Crippen molar-refractivity contribution in [1.82, 2.24) is 20.2 Å². The first-order valence-electron chi connectivity index (χ1n) is 5.45. The minimum Gasteiger partial charge on any atom is -0.492 e. The summed E-state index contributed by atoms with van der Waals surface area (Å²) >= 11 is 0. The molecule has 2 aromatic rings. The van der Waals surface area contributed by atoms with E-state index in [1.54, 1.807) is 0 Å². The van der Waals surface area contributed by atoms with Gasteiger partial charge in [-0.25, -0.2) is 4.68 Å². The number of hydrogen-bond donors (Lipinski definition) is 1. The molecule has 0 fully saturated rings. The molecule has 18 heavy (non-hydrogen) atoms. The molecular weight excluding hydrogens is 236 g/mol. The second kappa shape index (κ2) is 4.10. The van der Waals surface area contributed by atoms with Gasteiger partial charge in [0.1, 0.15) is 18.9 Å². The van der Waals surface area contributed by atoms with Crippen LogP contribution in [0.15, 0.2) is 24.3 Å². The van der Waals surface area contributed by atoms with Gasteiger partial charge in [-0.2, -0.15) is 0 Å². The summed E-state index contributed by atoms with van der Waals surface area (Å²) in [5, 5.41) is 19.9. The zero-order valence-electron chi connectivity index (χ0n) is 9.35. The van der Waals surface area contributed by atoms with Gasteiger partial charge in [-0.15, -0.1) is 5.10 Å². The van der Waals surface area contributed by atoms with E-state index in [1.807, 2.05) is 24.3 Å². The number of rotatable bonds is 3. The molecule has 1 aromatic carbocycles. The van der Waals surface area contributed by atoms with E-state index in [0.717, 1.165) is 11.3 Å². The van der Waals surface area contributed by atoms with E-state index >= 15 is 0 Å². The van der Waals surface area contributed by atoms with E-state index in [4.69, 9.17) is 9.84 Å². The molecule has 1 atom stereocenters. The second-order valence-electron chi connectivity index (χ2n) is 3.99. The topological polar surface area (TPSA) is 90.1 Å². The third-order valence-corrected chi connectivity index (χ3v) is 2.86. The van der Waals surface area contributed by atoms with Crippen LogP contribution in [0.5, 0.6) is 5.75 Å². The number of fused-ring (bicyclic) bond motifs is 1. The van der Waals surface area contributed by atoms with Crippen LogP contribution in [0.1, 0.15) is 17.3 Å². The van der Waals surface area contributed by atoms with Crippen LogP contribution in [-0.4, -0.2) is 37.9 Å². The van der Waals surface area contributed by atoms with E-state index in [-0.39, 0.29) is 12.5 Å². The number of aliphatic carboxylic acids is 1. The molecule has 7 nitrogen and oxygen atoms in total. The standard InChI is InChI=1S/C11H10N4O3/c16-10(17)5-15-11(12-13-14-15)8-6-18-9-4-2-1-3-7(8)9/h1-4,8H,5-6H2,(H,16,17). The average Bonchev–Trinajstić information content (AvgIpc) is 2.94. The molecule has 2 heterocycles. The molecular formula is C11H10N4O3. The van der Waals surface area contributed by atoms with Gasteiger partial charge in [0, 0.05) is 5.56 Å². The quantitative estimate of drug-likeness (QED) is 0.836. The van der Waals surface area contributed by atoms with Crippen molar-refractivity contribution in [2.45, 2.75) is 12.5 Å². The molecule has 0 saturated heterocycles. The number of benzene rings is 1. The summed E-state index contributed by atoms with van der Waals surface area (Å²) in [5.41, 5.74) is 0.985. The smallest absolute Gasteiger partial charge is 0.325 e. The van der Waals surface area contributed by atoms with Gasteiger partial charge in [-0.05, 0) is 16.5 Å². The molecule has 1 aromatic heterocycles. The summed E-state index contributed by atoms with van der Waals surface area (Å²) in [6.07, 6.45) is 0. The molecule has 3 rings (SSSR count). The molecule has 0 spiro atoms. The zero-order chi connectivity index (χ0) is 12.5. The second-order valence-corrected chi connectivity index (χ2v) is 3.99. The number of carboxylic acids is 1. The molecule has 92 valence electrons. The Labute approximate surface area is 102 Å². The van der Waals surface area contributed by atoms with Crippen LogP contribution in [0.25, 0.3) is 0 Å². The summed E-state index contributed by atoms with van der Waals surface area (Å²) < 4.78 is 6.83. The minimum atomic E-state index is -0.976. The van der Waals surface area contributed by atoms with Crippen LogP contribution in [-0.2, 0) is 11.3 Å². The van der Waals surface area contributed by atoms with E-state index in [0.29, 0.717) is 12.4 Å². The van der Waals surface area contributed by atoms with Crippen molar-refractivity contribution in [1.29, 1.82) is 0 Å². The van der Waals surface area contributed by atoms with Crippen LogP contribution < -0.4 is 4.74 Å². The molecule has 1 aliphatic rings. The lowest BCUT2D eigenvalue weighted by atomic mass is 10.0. The Kier molecular flexibility index (Phi) is 2.44. The summed E-state index contributed by atoms with van der Waals surface area (Å²) in [4.78, 5) is 10.7. The third-order valence-electron chi connectivity index (χ3n) is 2.86. The number of nitrogens with zero attached hydrogens (tertiary/aromatic N) is 4. The maximum atomic E-state index is 10.7. The number of para-hydroxylation sites is 1. The summed E-state index contributed by atoms with van der Waals surface area (Å²) in [5.74, 6) is 0.223. The lowest BCUT2D eigenvalue weighted by molar-refractivity contribution is -0.138. The summed E-state index contributed by atoms with van der Waals surface area (Å²) in [7, 11) is 0. The number of carbonyl (C=O) groups is 1. The number of ether oxygens (including phenoxy) is 1. The van der Waals surface area contributed by atoms with Crippen molar-refractivity contribution in [3.63, 3.8) is 0 Å². The minimum absolute atomic E-state index is 0.115. The Morgan fingerprint density at radius 2 is 2.33 bits per heavy atom. The molecule has 0 aliphatic carbocycles. The van der Waals surface area contributed by atoms with Crippen molar-refractivity contribution < 1.29 is 14.6 Å². The van der Waals surface area contributed by atoms with E-state index < -0.39 is 5.97 Å². The fourth-order valence-electron chi connectivity index (χ4n) is 2.08. The Bertz CT molecular complexity index is 595. The highest BCUT2D eigenvalue weighted by Gasteiger charge is 2.30. The number of carboxylic acid groups (broad SMARTS) is 1. The van der Waals surface area contributed by atoms with Crippen molar-refractivity contribution >= 4 is 5.97 Å². The lowest BCUT2D eigenvalue weighted by Crippen LogP contribution is -2.17. The van der Waals surface area contributed by atoms with Gasteiger partial charge >= 0.3 is 5.97 Å². The molecule has 1 unspecified atom stereocenters. The van der Waals surface area contributed by atoms with Gasteiger partial charge < -0.3 is 9.84 Å². The van der Waals surface area contributed by atoms with Gasteiger partial charge in [0.15, 0.2) is 5.82 Å². The van der Waals surface area contributed by atoms with E-state index in [1.165, 1.54) is 4.68 Å². The predicted octanol–water partition coefficient (Wildman–Crippen LogP) is 0.282. The maximum Gasteiger partial charge on any atom is 0.325 e. The highest BCUT2D eigenvalue weighted by atomic mass is 16.5. The van der Waals surface area contributed by atoms with Gasteiger partial charge in [0.2, 0.25) is 0 Å². The maximum absolute atomic E-state index is 10.7. The monoisotopic (exact) mass is 246 g/mol. The Hall–Kier alpha value is -2.44. The molecule has 0 amide bonds. The van der Waals surface area contributed by atoms with Crippen molar-refractivity contribution in [2.75, 3.05) is 6.61 Å². The lowest BCUT2D eigenvalue weighted by Gasteiger charge is -2.07. The first-order chi connectivity index (χ1) is 8.75. The van der Waals surface area contributed by atoms with E-state index in [2.05, 4.69) is 15.5 Å². The molecule has 7 heteroatoms. The molecule has 0 bridgehead atoms. The number of hydrogen-bond acceptors (Lipinski definition) is 5. The van der Waals surface area contributed by atoms with Crippen LogP contribution in [0.3, 0.4) is 0 Å². The molecule has 1 aliphatic heterocycles. The Morgan fingerprint density at radius 3 is 3.17 bits per heavy atom. The van der Waals surface area contributed by atoms with Gasteiger partial charge in [0.05, 0.1) is 5.92 Å². The SMILES string of the molecule is O=C(O)Cn1nnnc1C1COc2ccccc21. The van der Waals surface area contributed by atoms with Crippen LogP contribution in [0, 0.1) is 0 Å². The highest BCUT2D eigenvalue weighted by Crippen LogP contribution is 2.36. The predicted molar refractivity (Wildman–Crippen MR) is 59.2 cm³/mol. The van der Waals surface area contributed by atoms with Crippen molar-refractivity contribution in [3.8, 4) is 5.75 Å². The summed E-state index contributed by atoms with van der Waals surface area (Å²) in [6.45, 7) is 0.181.